The number of nitrogens with one attached hydrogen (secondary N) is 3. The zero-order valence-electron chi connectivity index (χ0n) is 22.6. The molecule has 4 rings (SSSR count). The van der Waals surface area contributed by atoms with Gasteiger partial charge in [0.1, 0.15) is 5.84 Å². The van der Waals surface area contributed by atoms with Crippen LogP contribution in [-0.2, 0) is 13.2 Å². The number of benzene rings is 2. The molecule has 1 aliphatic rings. The number of hydrazine groups is 2. The standard InChI is InChI=1S/C27H31F3N8O/c1-7-25(36(4)5)32-20-11-19(27(28,29)30)12-21(13-20)33-26(39)18-9-8-16(2)24(10-18)38-15-23(34-35-38)22-14-31-37(6)17(22)3/h8-15,34-35H,7H2,1-6H3,(H,33,39). The average molecular weight is 541 g/mol. The Labute approximate surface area is 224 Å². The molecule has 2 aromatic carbocycles. The summed E-state index contributed by atoms with van der Waals surface area (Å²) in [6, 6.07) is 8.38. The molecule has 3 N–H and O–H groups in total. The number of hydrogen-bond acceptors (Lipinski definition) is 6. The number of aromatic nitrogens is 2. The number of rotatable bonds is 6. The van der Waals surface area contributed by atoms with E-state index in [0.29, 0.717) is 17.9 Å². The first kappa shape index (κ1) is 27.7. The second-order valence-electron chi connectivity index (χ2n) is 9.41. The van der Waals surface area contributed by atoms with Gasteiger partial charge in [-0.1, -0.05) is 13.0 Å². The summed E-state index contributed by atoms with van der Waals surface area (Å²) < 4.78 is 42.7. The van der Waals surface area contributed by atoms with Gasteiger partial charge < -0.3 is 15.6 Å². The minimum Gasteiger partial charge on any atom is -0.366 e. The number of amides is 1. The molecule has 0 unspecified atom stereocenters. The maximum Gasteiger partial charge on any atom is 0.416 e. The smallest absolute Gasteiger partial charge is 0.366 e. The fourth-order valence-corrected chi connectivity index (χ4v) is 4.11. The van der Waals surface area contributed by atoms with Gasteiger partial charge in [0.05, 0.1) is 28.8 Å². The molecule has 1 aromatic heterocycles. The minimum atomic E-state index is -4.60. The van der Waals surface area contributed by atoms with Crippen LogP contribution in [0.4, 0.5) is 30.2 Å². The van der Waals surface area contributed by atoms with Gasteiger partial charge >= 0.3 is 6.18 Å². The second kappa shape index (κ2) is 10.8. The predicted molar refractivity (Wildman–Crippen MR) is 146 cm³/mol. The maximum absolute atomic E-state index is 13.6. The number of alkyl halides is 3. The van der Waals surface area contributed by atoms with Gasteiger partial charge in [-0.15, -0.1) is 5.53 Å². The van der Waals surface area contributed by atoms with Crippen molar-refractivity contribution in [1.29, 1.82) is 0 Å². The summed E-state index contributed by atoms with van der Waals surface area (Å²) in [5.74, 6) is 0.0590. The number of carbonyl (C=O) groups excluding carboxylic acids is 1. The van der Waals surface area contributed by atoms with Crippen LogP contribution < -0.4 is 21.3 Å². The van der Waals surface area contributed by atoms with Gasteiger partial charge in [0, 0.05) is 56.3 Å². The molecular formula is C27H31F3N8O. The molecule has 0 aliphatic carbocycles. The van der Waals surface area contributed by atoms with Crippen molar-refractivity contribution in [1.82, 2.24) is 25.6 Å². The summed E-state index contributed by atoms with van der Waals surface area (Å²) in [7, 11) is 5.40. The van der Waals surface area contributed by atoms with Gasteiger partial charge in [-0.3, -0.25) is 14.5 Å². The summed E-state index contributed by atoms with van der Waals surface area (Å²) in [4.78, 5) is 19.3. The van der Waals surface area contributed by atoms with E-state index in [9.17, 15) is 18.0 Å². The first-order valence-corrected chi connectivity index (χ1v) is 12.3. The fourth-order valence-electron chi connectivity index (χ4n) is 4.11. The van der Waals surface area contributed by atoms with E-state index in [2.05, 4.69) is 26.4 Å². The molecule has 0 fully saturated rings. The summed E-state index contributed by atoms with van der Waals surface area (Å²) in [6.07, 6.45) is -0.461. The summed E-state index contributed by atoms with van der Waals surface area (Å²) in [5.41, 5.74) is 9.92. The Morgan fingerprint density at radius 3 is 2.51 bits per heavy atom. The third-order valence-corrected chi connectivity index (χ3v) is 6.42. The van der Waals surface area contributed by atoms with Crippen molar-refractivity contribution in [2.24, 2.45) is 12.0 Å². The Kier molecular flexibility index (Phi) is 7.68. The zero-order chi connectivity index (χ0) is 28.5. The number of aryl methyl sites for hydroxylation is 2. The molecule has 0 bridgehead atoms. The van der Waals surface area contributed by atoms with Crippen LogP contribution in [0.5, 0.6) is 0 Å². The van der Waals surface area contributed by atoms with Gasteiger partial charge in [0.15, 0.2) is 0 Å². The number of amidine groups is 1. The van der Waals surface area contributed by atoms with Gasteiger partial charge in [-0.25, -0.2) is 4.99 Å². The summed E-state index contributed by atoms with van der Waals surface area (Å²) in [6.45, 7) is 5.72. The van der Waals surface area contributed by atoms with Crippen LogP contribution in [0.2, 0.25) is 0 Å². The minimum absolute atomic E-state index is 0.000100. The van der Waals surface area contributed by atoms with Crippen molar-refractivity contribution in [3.05, 3.63) is 76.7 Å². The molecule has 1 amide bonds. The van der Waals surface area contributed by atoms with Gasteiger partial charge in [-0.2, -0.15) is 18.3 Å². The van der Waals surface area contributed by atoms with Gasteiger partial charge in [0.25, 0.3) is 5.91 Å². The number of halogens is 3. The number of hydrogen-bond donors (Lipinski definition) is 3. The Morgan fingerprint density at radius 1 is 1.15 bits per heavy atom. The number of carbonyl (C=O) groups is 1. The van der Waals surface area contributed by atoms with E-state index in [4.69, 9.17) is 0 Å². The molecule has 0 atom stereocenters. The van der Waals surface area contributed by atoms with Crippen LogP contribution in [0, 0.1) is 13.8 Å². The second-order valence-corrected chi connectivity index (χ2v) is 9.41. The SMILES string of the molecule is CCC(=Nc1cc(NC(=O)c2ccc(C)c(N3C=C(c4cnn(C)c4C)NN3)c2)cc(C(F)(F)F)c1)N(C)C. The first-order valence-electron chi connectivity index (χ1n) is 12.3. The first-order chi connectivity index (χ1) is 18.4. The molecule has 2 heterocycles. The van der Waals surface area contributed by atoms with E-state index in [-0.39, 0.29) is 16.9 Å². The molecule has 39 heavy (non-hydrogen) atoms. The topological polar surface area (TPSA) is 89.8 Å². The number of nitrogens with zero attached hydrogens (tertiary/aromatic N) is 5. The third-order valence-electron chi connectivity index (χ3n) is 6.42. The van der Waals surface area contributed by atoms with Crippen molar-refractivity contribution < 1.29 is 18.0 Å². The molecule has 0 spiro atoms. The molecule has 0 radical (unpaired) electrons. The van der Waals surface area contributed by atoms with Crippen molar-refractivity contribution >= 4 is 34.5 Å². The lowest BCUT2D eigenvalue weighted by Gasteiger charge is -2.19. The Balaban J connectivity index is 1.62. The summed E-state index contributed by atoms with van der Waals surface area (Å²) >= 11 is 0. The van der Waals surface area contributed by atoms with Crippen LogP contribution in [0.1, 0.15) is 46.1 Å². The maximum atomic E-state index is 13.6. The number of anilines is 2. The van der Waals surface area contributed by atoms with Crippen LogP contribution in [0.15, 0.2) is 53.8 Å². The van der Waals surface area contributed by atoms with E-state index in [1.807, 2.05) is 34.0 Å². The highest BCUT2D eigenvalue weighted by molar-refractivity contribution is 6.05. The quantitative estimate of drug-likeness (QED) is 0.297. The van der Waals surface area contributed by atoms with Crippen molar-refractivity contribution in [3.8, 4) is 0 Å². The van der Waals surface area contributed by atoms with Crippen LogP contribution in [-0.4, -0.2) is 40.5 Å². The van der Waals surface area contributed by atoms with Crippen LogP contribution in [0.3, 0.4) is 0 Å². The Morgan fingerprint density at radius 2 is 1.90 bits per heavy atom. The lowest BCUT2D eigenvalue weighted by atomic mass is 10.1. The highest BCUT2D eigenvalue weighted by Crippen LogP contribution is 2.35. The van der Waals surface area contributed by atoms with E-state index >= 15 is 0 Å². The van der Waals surface area contributed by atoms with Crippen LogP contribution in [0.25, 0.3) is 5.70 Å². The molecular weight excluding hydrogens is 509 g/mol. The van der Waals surface area contributed by atoms with E-state index in [0.717, 1.165) is 34.7 Å². The van der Waals surface area contributed by atoms with Gasteiger partial charge in [-0.05, 0) is 49.7 Å². The molecule has 12 heteroatoms. The van der Waals surface area contributed by atoms with Crippen molar-refractivity contribution in [3.63, 3.8) is 0 Å². The molecule has 0 saturated heterocycles. The van der Waals surface area contributed by atoms with Crippen LogP contribution >= 0.6 is 0 Å². The Bertz CT molecular complexity index is 1460. The van der Waals surface area contributed by atoms with E-state index in [1.165, 1.54) is 6.07 Å². The van der Waals surface area contributed by atoms with Crippen molar-refractivity contribution in [2.45, 2.75) is 33.4 Å². The monoisotopic (exact) mass is 540 g/mol. The van der Waals surface area contributed by atoms with E-state index in [1.54, 1.807) is 53.1 Å². The largest absolute Gasteiger partial charge is 0.416 e. The lowest BCUT2D eigenvalue weighted by molar-refractivity contribution is -0.137. The molecule has 1 aliphatic heterocycles. The molecule has 9 nitrogen and oxygen atoms in total. The van der Waals surface area contributed by atoms with Gasteiger partial charge in [0.2, 0.25) is 0 Å². The number of aliphatic imine (C=N–C) groups is 1. The van der Waals surface area contributed by atoms with Crippen molar-refractivity contribution in [2.75, 3.05) is 24.4 Å². The lowest BCUT2D eigenvalue weighted by Crippen LogP contribution is -2.36. The molecule has 3 aromatic rings. The average Bonchev–Trinajstić information content (AvgIpc) is 3.48. The summed E-state index contributed by atoms with van der Waals surface area (Å²) in [5, 5.41) is 8.61. The Hall–Kier alpha value is -4.32. The highest BCUT2D eigenvalue weighted by Gasteiger charge is 2.31. The predicted octanol–water partition coefficient (Wildman–Crippen LogP) is 5.14. The highest BCUT2D eigenvalue weighted by atomic mass is 19.4. The third kappa shape index (κ3) is 6.06. The zero-order valence-corrected chi connectivity index (χ0v) is 22.6. The normalized spacial score (nSPS) is 13.8. The fraction of sp³-hybridized carbons (Fsp3) is 0.296. The molecule has 0 saturated carbocycles. The van der Waals surface area contributed by atoms with E-state index < -0.39 is 17.6 Å². The molecule has 206 valence electrons.